The van der Waals surface area contributed by atoms with Crippen LogP contribution in [0, 0.1) is 5.95 Å². The Labute approximate surface area is 39.2 Å². The van der Waals surface area contributed by atoms with Gasteiger partial charge in [0.1, 0.15) is 12.5 Å². The summed E-state index contributed by atoms with van der Waals surface area (Å²) in [7, 11) is 0. The van der Waals surface area contributed by atoms with Gasteiger partial charge in [0.15, 0.2) is 0 Å². The maximum Gasteiger partial charge on any atom is 0.234 e. The van der Waals surface area contributed by atoms with Gasteiger partial charge in [0, 0.05) is 0 Å². The van der Waals surface area contributed by atoms with E-state index in [0.717, 1.165) is 12.5 Å². The highest BCUT2D eigenvalue weighted by atomic mass is 19.1. The minimum atomic E-state index is -0.602. The fraction of sp³-hybridized carbons (Fsp3) is 0. The standard InChI is InChI=1S/C3H2FN3/c4-3-1-6-7-2-5-3/h1-2H. The highest BCUT2D eigenvalue weighted by Crippen LogP contribution is 1.78. The molecule has 0 amide bonds. The van der Waals surface area contributed by atoms with Gasteiger partial charge in [-0.05, 0) is 0 Å². The summed E-state index contributed by atoms with van der Waals surface area (Å²) in [5.74, 6) is -0.602. The minimum Gasteiger partial charge on any atom is -0.205 e. The molecule has 0 N–H and O–H groups in total. The molecule has 0 spiro atoms. The van der Waals surface area contributed by atoms with E-state index in [-0.39, 0.29) is 0 Å². The third-order valence-electron chi connectivity index (χ3n) is 0.464. The summed E-state index contributed by atoms with van der Waals surface area (Å²) in [4.78, 5) is 3.14. The molecule has 4 heteroatoms. The lowest BCUT2D eigenvalue weighted by molar-refractivity contribution is 0.567. The van der Waals surface area contributed by atoms with Crippen LogP contribution in [0.5, 0.6) is 0 Å². The van der Waals surface area contributed by atoms with Gasteiger partial charge in [-0.3, -0.25) is 0 Å². The lowest BCUT2D eigenvalue weighted by Gasteiger charge is -1.76. The number of hydrogen-bond donors (Lipinski definition) is 0. The summed E-state index contributed by atoms with van der Waals surface area (Å²) in [5, 5.41) is 6.44. The second-order valence-electron chi connectivity index (χ2n) is 0.927. The van der Waals surface area contributed by atoms with Crippen LogP contribution in [-0.4, -0.2) is 15.2 Å². The monoisotopic (exact) mass is 99.0 g/mol. The van der Waals surface area contributed by atoms with E-state index in [9.17, 15) is 4.39 Å². The molecule has 0 atom stereocenters. The summed E-state index contributed by atoms with van der Waals surface area (Å²) in [6.07, 6.45) is 2.00. The molecule has 0 saturated carbocycles. The van der Waals surface area contributed by atoms with Gasteiger partial charge in [0.2, 0.25) is 5.95 Å². The molecule has 0 fully saturated rings. The van der Waals surface area contributed by atoms with Gasteiger partial charge in [0.05, 0.1) is 0 Å². The number of aromatic nitrogens is 3. The first-order valence-electron chi connectivity index (χ1n) is 1.68. The molecule has 1 aromatic heterocycles. The van der Waals surface area contributed by atoms with E-state index in [1.165, 1.54) is 0 Å². The number of halogens is 1. The van der Waals surface area contributed by atoms with Crippen LogP contribution < -0.4 is 0 Å². The number of rotatable bonds is 0. The molecule has 0 bridgehead atoms. The largest absolute Gasteiger partial charge is 0.234 e. The first kappa shape index (κ1) is 4.11. The lowest BCUT2D eigenvalue weighted by Crippen LogP contribution is -1.84. The van der Waals surface area contributed by atoms with Crippen molar-refractivity contribution in [3.05, 3.63) is 18.5 Å². The molecule has 0 aliphatic heterocycles. The van der Waals surface area contributed by atoms with Gasteiger partial charge in [-0.2, -0.15) is 9.49 Å². The molecule has 1 rings (SSSR count). The van der Waals surface area contributed by atoms with Gasteiger partial charge >= 0.3 is 0 Å². The van der Waals surface area contributed by atoms with Crippen molar-refractivity contribution in [3.8, 4) is 0 Å². The van der Waals surface area contributed by atoms with E-state index >= 15 is 0 Å². The van der Waals surface area contributed by atoms with Crippen LogP contribution >= 0.6 is 0 Å². The molecule has 0 saturated heterocycles. The van der Waals surface area contributed by atoms with E-state index in [0.29, 0.717) is 0 Å². The van der Waals surface area contributed by atoms with Crippen LogP contribution in [0.4, 0.5) is 4.39 Å². The highest BCUT2D eigenvalue weighted by molar-refractivity contribution is 4.66. The van der Waals surface area contributed by atoms with Gasteiger partial charge in [0.25, 0.3) is 0 Å². The summed E-state index contributed by atoms with van der Waals surface area (Å²) >= 11 is 0. The molecular weight excluding hydrogens is 97.1 g/mol. The average molecular weight is 99.1 g/mol. The van der Waals surface area contributed by atoms with Crippen LogP contribution in [0.15, 0.2) is 12.5 Å². The zero-order valence-corrected chi connectivity index (χ0v) is 3.37. The molecule has 0 aliphatic rings. The van der Waals surface area contributed by atoms with E-state index in [1.807, 2.05) is 0 Å². The molecule has 7 heavy (non-hydrogen) atoms. The third kappa shape index (κ3) is 0.887. The summed E-state index contributed by atoms with van der Waals surface area (Å²) in [6, 6.07) is 0. The SMILES string of the molecule is Fc1cnncn1. The third-order valence-corrected chi connectivity index (χ3v) is 0.464. The van der Waals surface area contributed by atoms with Crippen LogP contribution in [-0.2, 0) is 0 Å². The van der Waals surface area contributed by atoms with Crippen molar-refractivity contribution in [1.29, 1.82) is 0 Å². The van der Waals surface area contributed by atoms with Crippen molar-refractivity contribution < 1.29 is 4.39 Å². The Hall–Kier alpha value is -1.06. The molecule has 0 aromatic carbocycles. The zero-order valence-electron chi connectivity index (χ0n) is 3.37. The first-order chi connectivity index (χ1) is 3.39. The molecular formula is C3H2FN3. The topological polar surface area (TPSA) is 38.7 Å². The highest BCUT2D eigenvalue weighted by Gasteiger charge is 1.81. The van der Waals surface area contributed by atoms with Crippen LogP contribution in [0.2, 0.25) is 0 Å². The molecule has 1 heterocycles. The smallest absolute Gasteiger partial charge is 0.205 e. The number of nitrogens with zero attached hydrogens (tertiary/aromatic N) is 3. The second kappa shape index (κ2) is 1.59. The Kier molecular flexibility index (Phi) is 0.934. The summed E-state index contributed by atoms with van der Waals surface area (Å²) in [5.41, 5.74) is 0. The normalized spacial score (nSPS) is 8.71. The van der Waals surface area contributed by atoms with E-state index in [2.05, 4.69) is 15.2 Å². The van der Waals surface area contributed by atoms with Crippen LogP contribution in [0.25, 0.3) is 0 Å². The zero-order chi connectivity index (χ0) is 5.11. The maximum absolute atomic E-state index is 11.7. The average Bonchev–Trinajstić information content (AvgIpc) is 1.69. The Morgan fingerprint density at radius 2 is 2.29 bits per heavy atom. The second-order valence-corrected chi connectivity index (χ2v) is 0.927. The van der Waals surface area contributed by atoms with E-state index in [1.54, 1.807) is 0 Å². The van der Waals surface area contributed by atoms with Gasteiger partial charge < -0.3 is 0 Å². The van der Waals surface area contributed by atoms with Crippen molar-refractivity contribution in [3.63, 3.8) is 0 Å². The van der Waals surface area contributed by atoms with Gasteiger partial charge in [-0.15, -0.1) is 5.10 Å². The van der Waals surface area contributed by atoms with Crippen molar-refractivity contribution in [2.24, 2.45) is 0 Å². The summed E-state index contributed by atoms with van der Waals surface area (Å²) in [6.45, 7) is 0. The Morgan fingerprint density at radius 1 is 1.43 bits per heavy atom. The molecule has 0 aliphatic carbocycles. The maximum atomic E-state index is 11.7. The van der Waals surface area contributed by atoms with Gasteiger partial charge in [-0.1, -0.05) is 0 Å². The van der Waals surface area contributed by atoms with Crippen LogP contribution in [0.3, 0.4) is 0 Å². The quantitative estimate of drug-likeness (QED) is 0.460. The summed E-state index contributed by atoms with van der Waals surface area (Å²) < 4.78 is 11.7. The fourth-order valence-electron chi connectivity index (χ4n) is 0.225. The molecule has 36 valence electrons. The van der Waals surface area contributed by atoms with E-state index < -0.39 is 5.95 Å². The first-order valence-corrected chi connectivity index (χ1v) is 1.68. The van der Waals surface area contributed by atoms with Crippen LogP contribution in [0.1, 0.15) is 0 Å². The van der Waals surface area contributed by atoms with Crippen molar-refractivity contribution >= 4 is 0 Å². The van der Waals surface area contributed by atoms with Crippen molar-refractivity contribution in [1.82, 2.24) is 15.2 Å². The Morgan fingerprint density at radius 3 is 2.57 bits per heavy atom. The lowest BCUT2D eigenvalue weighted by atomic mass is 10.9. The molecule has 0 radical (unpaired) electrons. The predicted molar refractivity (Wildman–Crippen MR) is 19.8 cm³/mol. The Bertz CT molecular complexity index is 140. The minimum absolute atomic E-state index is 0.602. The number of hydrogen-bond acceptors (Lipinski definition) is 3. The predicted octanol–water partition coefficient (Wildman–Crippen LogP) is 0.0107. The fourth-order valence-corrected chi connectivity index (χ4v) is 0.225. The van der Waals surface area contributed by atoms with E-state index in [4.69, 9.17) is 0 Å². The van der Waals surface area contributed by atoms with Crippen molar-refractivity contribution in [2.75, 3.05) is 0 Å². The molecule has 1 aromatic rings. The van der Waals surface area contributed by atoms with Crippen molar-refractivity contribution in [2.45, 2.75) is 0 Å². The van der Waals surface area contributed by atoms with Gasteiger partial charge in [-0.25, -0.2) is 4.98 Å². The molecule has 3 nitrogen and oxygen atoms in total. The Balaban J connectivity index is 3.02. The molecule has 0 unspecified atom stereocenters.